The Bertz CT molecular complexity index is 1140. The molecule has 0 radical (unpaired) electrons. The maximum Gasteiger partial charge on any atom is 0.243 e. The highest BCUT2D eigenvalue weighted by Gasteiger charge is 2.32. The third kappa shape index (κ3) is 4.97. The molecule has 0 aliphatic carbocycles. The number of nitrogens with one attached hydrogen (secondary N) is 1. The highest BCUT2D eigenvalue weighted by molar-refractivity contribution is 7.89. The average molecular weight is 492 g/mol. The van der Waals surface area contributed by atoms with Gasteiger partial charge in [-0.25, -0.2) is 12.8 Å². The second kappa shape index (κ2) is 10.2. The van der Waals surface area contributed by atoms with Gasteiger partial charge in [0.25, 0.3) is 0 Å². The largest absolute Gasteiger partial charge is 0.493 e. The normalized spacial score (nSPS) is 17.6. The number of halogens is 1. The van der Waals surface area contributed by atoms with E-state index in [9.17, 15) is 17.6 Å². The quantitative estimate of drug-likeness (QED) is 0.638. The summed E-state index contributed by atoms with van der Waals surface area (Å²) in [4.78, 5) is 14.9. The molecule has 4 rings (SSSR count). The topological polar surface area (TPSA) is 88.2 Å². The summed E-state index contributed by atoms with van der Waals surface area (Å²) >= 11 is 0. The van der Waals surface area contributed by atoms with Gasteiger partial charge in [-0.05, 0) is 56.0 Å². The second-order valence-electron chi connectivity index (χ2n) is 8.54. The van der Waals surface area contributed by atoms with Gasteiger partial charge in [0.2, 0.25) is 15.9 Å². The molecule has 2 fully saturated rings. The fraction of sp³-hybridized carbons (Fsp3) is 0.458. The number of amides is 1. The molecule has 2 aromatic rings. The van der Waals surface area contributed by atoms with Crippen LogP contribution in [0.4, 0.5) is 15.8 Å². The van der Waals surface area contributed by atoms with Gasteiger partial charge in [0.15, 0.2) is 11.5 Å². The van der Waals surface area contributed by atoms with E-state index in [0.29, 0.717) is 35.7 Å². The lowest BCUT2D eigenvalue weighted by atomic mass is 9.97. The Kier molecular flexibility index (Phi) is 7.27. The molecular formula is C24H30FN3O5S. The van der Waals surface area contributed by atoms with Crippen molar-refractivity contribution in [1.29, 1.82) is 0 Å². The Balaban J connectivity index is 1.37. The van der Waals surface area contributed by atoms with Gasteiger partial charge in [-0.15, -0.1) is 0 Å². The molecular weight excluding hydrogens is 461 g/mol. The van der Waals surface area contributed by atoms with Crippen molar-refractivity contribution >= 4 is 27.3 Å². The van der Waals surface area contributed by atoms with E-state index in [-0.39, 0.29) is 35.6 Å². The van der Waals surface area contributed by atoms with Crippen molar-refractivity contribution in [3.8, 4) is 11.5 Å². The zero-order valence-electron chi connectivity index (χ0n) is 19.4. The van der Waals surface area contributed by atoms with E-state index >= 15 is 0 Å². The molecule has 0 aromatic heterocycles. The number of ether oxygens (including phenoxy) is 2. The standard InChI is InChI=1S/C24H30FN3O5S/c1-32-22-8-6-19(16-23(22)33-2)34(30,31)28-13-9-17(10-14-28)24(29)26-18-5-7-21(20(25)15-18)27-11-3-4-12-27/h5-8,15-17H,3-4,9-14H2,1-2H3,(H,26,29). The number of carbonyl (C=O) groups excluding carboxylic acids is 1. The fourth-order valence-electron chi connectivity index (χ4n) is 4.53. The van der Waals surface area contributed by atoms with E-state index in [2.05, 4.69) is 5.32 Å². The van der Waals surface area contributed by atoms with E-state index in [1.807, 2.05) is 4.90 Å². The minimum Gasteiger partial charge on any atom is -0.493 e. The Morgan fingerprint density at radius 1 is 0.971 bits per heavy atom. The van der Waals surface area contributed by atoms with Gasteiger partial charge in [0, 0.05) is 43.9 Å². The van der Waals surface area contributed by atoms with E-state index in [1.165, 1.54) is 36.7 Å². The third-order valence-electron chi connectivity index (χ3n) is 6.48. The number of methoxy groups -OCH3 is 2. The molecule has 1 amide bonds. The number of sulfonamides is 1. The van der Waals surface area contributed by atoms with Crippen molar-refractivity contribution in [1.82, 2.24) is 4.31 Å². The molecule has 34 heavy (non-hydrogen) atoms. The van der Waals surface area contributed by atoms with Crippen LogP contribution in [0.25, 0.3) is 0 Å². The minimum absolute atomic E-state index is 0.113. The van der Waals surface area contributed by atoms with Crippen molar-refractivity contribution in [2.45, 2.75) is 30.6 Å². The van der Waals surface area contributed by atoms with Gasteiger partial charge in [0.05, 0.1) is 24.8 Å². The first-order valence-electron chi connectivity index (χ1n) is 11.4. The Morgan fingerprint density at radius 3 is 2.26 bits per heavy atom. The lowest BCUT2D eigenvalue weighted by Gasteiger charge is -2.30. The van der Waals surface area contributed by atoms with Gasteiger partial charge in [0.1, 0.15) is 5.82 Å². The summed E-state index contributed by atoms with van der Waals surface area (Å²) in [5.41, 5.74) is 0.968. The van der Waals surface area contributed by atoms with Crippen LogP contribution in [0.1, 0.15) is 25.7 Å². The predicted octanol–water partition coefficient (Wildman–Crippen LogP) is 3.48. The van der Waals surface area contributed by atoms with Crippen molar-refractivity contribution < 1.29 is 27.1 Å². The number of hydrogen-bond acceptors (Lipinski definition) is 6. The molecule has 0 saturated carbocycles. The summed E-state index contributed by atoms with van der Waals surface area (Å²) in [7, 11) is -0.802. The molecule has 2 heterocycles. The molecule has 2 aliphatic heterocycles. The number of anilines is 2. The number of nitrogens with zero attached hydrogens (tertiary/aromatic N) is 2. The number of benzene rings is 2. The molecule has 0 spiro atoms. The van der Waals surface area contributed by atoms with Crippen LogP contribution in [0, 0.1) is 11.7 Å². The number of carbonyl (C=O) groups is 1. The Hall–Kier alpha value is -2.85. The smallest absolute Gasteiger partial charge is 0.243 e. The second-order valence-corrected chi connectivity index (χ2v) is 10.5. The summed E-state index contributed by atoms with van der Waals surface area (Å²) < 4.78 is 52.5. The monoisotopic (exact) mass is 491 g/mol. The summed E-state index contributed by atoms with van der Waals surface area (Å²) in [6.07, 6.45) is 2.87. The maximum atomic E-state index is 14.6. The van der Waals surface area contributed by atoms with Crippen LogP contribution in [0.15, 0.2) is 41.3 Å². The van der Waals surface area contributed by atoms with Crippen LogP contribution in [0.5, 0.6) is 11.5 Å². The van der Waals surface area contributed by atoms with Crippen LogP contribution in [-0.4, -0.2) is 59.0 Å². The van der Waals surface area contributed by atoms with E-state index in [1.54, 1.807) is 18.2 Å². The molecule has 0 bridgehead atoms. The third-order valence-corrected chi connectivity index (χ3v) is 8.37. The summed E-state index contributed by atoms with van der Waals surface area (Å²) in [5.74, 6) is -0.146. The van der Waals surface area contributed by atoms with E-state index < -0.39 is 10.0 Å². The van der Waals surface area contributed by atoms with Gasteiger partial charge in [-0.3, -0.25) is 4.79 Å². The van der Waals surface area contributed by atoms with Gasteiger partial charge >= 0.3 is 0 Å². The summed E-state index contributed by atoms with van der Waals surface area (Å²) in [6, 6.07) is 9.24. The van der Waals surface area contributed by atoms with E-state index in [0.717, 1.165) is 25.9 Å². The van der Waals surface area contributed by atoms with Crippen molar-refractivity contribution in [3.05, 3.63) is 42.2 Å². The maximum absolute atomic E-state index is 14.6. The first-order chi connectivity index (χ1) is 16.3. The number of hydrogen-bond donors (Lipinski definition) is 1. The van der Waals surface area contributed by atoms with Crippen LogP contribution in [0.2, 0.25) is 0 Å². The molecule has 2 saturated heterocycles. The van der Waals surface area contributed by atoms with Crippen LogP contribution < -0.4 is 19.7 Å². The van der Waals surface area contributed by atoms with Crippen LogP contribution >= 0.6 is 0 Å². The number of rotatable bonds is 7. The molecule has 0 atom stereocenters. The first kappa shape index (κ1) is 24.3. The highest BCUT2D eigenvalue weighted by atomic mass is 32.2. The lowest BCUT2D eigenvalue weighted by molar-refractivity contribution is -0.120. The molecule has 184 valence electrons. The van der Waals surface area contributed by atoms with Gasteiger partial charge in [-0.1, -0.05) is 0 Å². The molecule has 0 unspecified atom stereocenters. The molecule has 2 aliphatic rings. The minimum atomic E-state index is -3.73. The van der Waals surface area contributed by atoms with Gasteiger partial charge in [-0.2, -0.15) is 4.31 Å². The Labute approximate surface area is 199 Å². The zero-order chi connectivity index (χ0) is 24.3. The molecule has 8 nitrogen and oxygen atoms in total. The fourth-order valence-corrected chi connectivity index (χ4v) is 6.01. The van der Waals surface area contributed by atoms with E-state index in [4.69, 9.17) is 9.47 Å². The zero-order valence-corrected chi connectivity index (χ0v) is 20.2. The summed E-state index contributed by atoms with van der Waals surface area (Å²) in [5, 5.41) is 2.79. The number of piperidine rings is 1. The first-order valence-corrected chi connectivity index (χ1v) is 12.8. The van der Waals surface area contributed by atoms with Crippen LogP contribution in [-0.2, 0) is 14.8 Å². The Morgan fingerprint density at radius 2 is 1.65 bits per heavy atom. The van der Waals surface area contributed by atoms with Crippen molar-refractivity contribution in [2.24, 2.45) is 5.92 Å². The predicted molar refractivity (Wildman–Crippen MR) is 128 cm³/mol. The van der Waals surface area contributed by atoms with Crippen molar-refractivity contribution in [3.63, 3.8) is 0 Å². The molecule has 1 N–H and O–H groups in total. The lowest BCUT2D eigenvalue weighted by Crippen LogP contribution is -2.41. The van der Waals surface area contributed by atoms with Crippen molar-refractivity contribution in [2.75, 3.05) is 50.6 Å². The highest BCUT2D eigenvalue weighted by Crippen LogP contribution is 2.32. The van der Waals surface area contributed by atoms with Gasteiger partial charge < -0.3 is 19.7 Å². The molecule has 10 heteroatoms. The SMILES string of the molecule is COc1ccc(S(=O)(=O)N2CCC(C(=O)Nc3ccc(N4CCCC4)c(F)c3)CC2)cc1OC. The van der Waals surface area contributed by atoms with Crippen LogP contribution in [0.3, 0.4) is 0 Å². The average Bonchev–Trinajstić information content (AvgIpc) is 3.38. The summed E-state index contributed by atoms with van der Waals surface area (Å²) in [6.45, 7) is 2.12. The molecule has 2 aromatic carbocycles.